The van der Waals surface area contributed by atoms with Gasteiger partial charge in [0.05, 0.1) is 10.6 Å². The molecule has 136 valence electrons. The Labute approximate surface area is 157 Å². The van der Waals surface area contributed by atoms with Gasteiger partial charge in [-0.1, -0.05) is 11.6 Å². The van der Waals surface area contributed by atoms with E-state index in [9.17, 15) is 14.9 Å². The third-order valence-corrected chi connectivity index (χ3v) is 4.34. The Morgan fingerprint density at radius 3 is 2.81 bits per heavy atom. The number of hydrogen-bond donors (Lipinski definition) is 4. The molecule has 1 aliphatic heterocycles. The molecule has 0 aliphatic carbocycles. The number of fused-ring (bicyclic) bond motifs is 3. The maximum atomic E-state index is 12.3. The second kappa shape index (κ2) is 6.61. The number of H-pyrrole nitrogens is 1. The van der Waals surface area contributed by atoms with Gasteiger partial charge in [-0.25, -0.2) is 4.98 Å². The molecular weight excluding hydrogens is 372 g/mol. The van der Waals surface area contributed by atoms with E-state index in [1.54, 1.807) is 12.1 Å². The van der Waals surface area contributed by atoms with Crippen molar-refractivity contribution in [3.05, 3.63) is 69.0 Å². The van der Waals surface area contributed by atoms with Crippen LogP contribution in [0.4, 0.5) is 11.5 Å². The molecule has 0 saturated carbocycles. The number of nitrogens with zero attached hydrogens (tertiary/aromatic N) is 2. The lowest BCUT2D eigenvalue weighted by atomic mass is 10.1. The first-order valence-electron chi connectivity index (χ1n) is 7.95. The van der Waals surface area contributed by atoms with E-state index in [0.717, 1.165) is 17.1 Å². The molecule has 0 bridgehead atoms. The van der Waals surface area contributed by atoms with Crippen molar-refractivity contribution in [1.82, 2.24) is 20.7 Å². The van der Waals surface area contributed by atoms with Crippen molar-refractivity contribution in [1.29, 1.82) is 0 Å². The van der Waals surface area contributed by atoms with Crippen molar-refractivity contribution >= 4 is 45.6 Å². The Hall–Kier alpha value is -3.59. The highest BCUT2D eigenvalue weighted by Crippen LogP contribution is 2.31. The average Bonchev–Trinajstić information content (AvgIpc) is 2.95. The van der Waals surface area contributed by atoms with Crippen molar-refractivity contribution in [2.45, 2.75) is 0 Å². The molecule has 1 amide bonds. The number of nitro groups is 1. The van der Waals surface area contributed by atoms with E-state index in [4.69, 9.17) is 11.6 Å². The van der Waals surface area contributed by atoms with Gasteiger partial charge in [0.1, 0.15) is 17.7 Å². The number of nitrogens with one attached hydrogen (secondary N) is 4. The molecule has 1 aromatic carbocycles. The summed E-state index contributed by atoms with van der Waals surface area (Å²) in [6, 6.07) is 8.17. The van der Waals surface area contributed by atoms with Crippen LogP contribution in [0.2, 0.25) is 5.02 Å². The molecule has 9 nitrogen and oxygen atoms in total. The summed E-state index contributed by atoms with van der Waals surface area (Å²) < 4.78 is 0. The van der Waals surface area contributed by atoms with Gasteiger partial charge in [0.2, 0.25) is 0 Å². The van der Waals surface area contributed by atoms with Crippen molar-refractivity contribution < 1.29 is 9.72 Å². The molecule has 0 saturated heterocycles. The van der Waals surface area contributed by atoms with Crippen LogP contribution >= 0.6 is 11.6 Å². The lowest BCUT2D eigenvalue weighted by Crippen LogP contribution is -2.22. The number of hydrazine groups is 1. The van der Waals surface area contributed by atoms with Crippen molar-refractivity contribution in [3.8, 4) is 0 Å². The van der Waals surface area contributed by atoms with Crippen LogP contribution in [0.5, 0.6) is 0 Å². The molecule has 3 heterocycles. The van der Waals surface area contributed by atoms with Crippen LogP contribution in [-0.4, -0.2) is 27.3 Å². The number of aromatic nitrogens is 2. The van der Waals surface area contributed by atoms with Crippen LogP contribution in [-0.2, 0) is 0 Å². The molecule has 10 heteroatoms. The van der Waals surface area contributed by atoms with E-state index < -0.39 is 4.92 Å². The Bertz CT molecular complexity index is 1090. The smallest absolute Gasteiger partial charge is 0.287 e. The molecule has 27 heavy (non-hydrogen) atoms. The number of rotatable bonds is 4. The summed E-state index contributed by atoms with van der Waals surface area (Å²) in [4.78, 5) is 29.6. The fraction of sp³-hybridized carbons (Fsp3) is 0.0588. The molecule has 0 atom stereocenters. The Morgan fingerprint density at radius 2 is 2.07 bits per heavy atom. The normalized spacial score (nSPS) is 13.4. The highest BCUT2D eigenvalue weighted by atomic mass is 35.5. The largest absolute Gasteiger partial charge is 0.350 e. The zero-order chi connectivity index (χ0) is 19.0. The summed E-state index contributed by atoms with van der Waals surface area (Å²) in [6.45, 7) is 0.334. The molecule has 0 fully saturated rings. The van der Waals surface area contributed by atoms with Gasteiger partial charge < -0.3 is 10.3 Å². The lowest BCUT2D eigenvalue weighted by molar-refractivity contribution is -0.385. The van der Waals surface area contributed by atoms with Crippen LogP contribution in [0.25, 0.3) is 16.6 Å². The Morgan fingerprint density at radius 1 is 1.22 bits per heavy atom. The molecule has 0 spiro atoms. The van der Waals surface area contributed by atoms with E-state index in [0.29, 0.717) is 34.3 Å². The molecule has 4 rings (SSSR count). The average molecular weight is 385 g/mol. The number of halogens is 1. The molecule has 0 radical (unpaired) electrons. The summed E-state index contributed by atoms with van der Waals surface area (Å²) in [7, 11) is 0. The van der Waals surface area contributed by atoms with Crippen LogP contribution < -0.4 is 16.2 Å². The lowest BCUT2D eigenvalue weighted by Gasteiger charge is -2.12. The van der Waals surface area contributed by atoms with E-state index >= 15 is 0 Å². The fourth-order valence-electron chi connectivity index (χ4n) is 2.86. The van der Waals surface area contributed by atoms with Crippen LogP contribution in [0.3, 0.4) is 0 Å². The predicted octanol–water partition coefficient (Wildman–Crippen LogP) is 2.83. The van der Waals surface area contributed by atoms with Gasteiger partial charge in [-0.3, -0.25) is 25.8 Å². The fourth-order valence-corrected chi connectivity index (χ4v) is 3.04. The SMILES string of the molecule is O=C1NCC=C(NNc2ccc([N+](=O)[O-])cn2)c2c1[nH]c1ccc(Cl)cc21. The number of amides is 1. The molecule has 0 unspecified atom stereocenters. The van der Waals surface area contributed by atoms with E-state index in [2.05, 4.69) is 26.1 Å². The zero-order valence-electron chi connectivity index (χ0n) is 13.7. The van der Waals surface area contributed by atoms with Crippen molar-refractivity contribution in [2.24, 2.45) is 0 Å². The summed E-state index contributed by atoms with van der Waals surface area (Å²) in [5, 5.41) is 14.9. The highest BCUT2D eigenvalue weighted by Gasteiger charge is 2.23. The third-order valence-electron chi connectivity index (χ3n) is 4.11. The second-order valence-corrected chi connectivity index (χ2v) is 6.24. The van der Waals surface area contributed by atoms with Crippen LogP contribution in [0.1, 0.15) is 16.1 Å². The first kappa shape index (κ1) is 16.9. The maximum absolute atomic E-state index is 12.3. The summed E-state index contributed by atoms with van der Waals surface area (Å²) in [5.74, 6) is 0.170. The minimum atomic E-state index is -0.517. The molecule has 4 N–H and O–H groups in total. The number of hydrogen-bond acceptors (Lipinski definition) is 6. The van der Waals surface area contributed by atoms with Gasteiger partial charge in [0.15, 0.2) is 0 Å². The van der Waals surface area contributed by atoms with Crippen molar-refractivity contribution in [2.75, 3.05) is 12.0 Å². The molecule has 3 aromatic rings. The minimum absolute atomic E-state index is 0.0995. The standard InChI is InChI=1S/C17H13ClN6O3/c18-9-1-3-12-11(7-9)15-13(5-6-19-17(25)16(15)21-12)22-23-14-4-2-10(8-20-14)24(26)27/h1-5,7-8,21-22H,6H2,(H,19,25)(H,20,23). The molecule has 2 aromatic heterocycles. The first-order chi connectivity index (χ1) is 13.0. The molecular formula is C17H13ClN6O3. The minimum Gasteiger partial charge on any atom is -0.350 e. The van der Waals surface area contributed by atoms with Gasteiger partial charge in [-0.05, 0) is 30.3 Å². The molecule has 1 aliphatic rings. The number of carbonyl (C=O) groups is 1. The number of aromatic amines is 1. The maximum Gasteiger partial charge on any atom is 0.287 e. The third kappa shape index (κ3) is 3.15. The van der Waals surface area contributed by atoms with E-state index in [1.807, 2.05) is 12.1 Å². The van der Waals surface area contributed by atoms with Crippen molar-refractivity contribution in [3.63, 3.8) is 0 Å². The monoisotopic (exact) mass is 384 g/mol. The van der Waals surface area contributed by atoms with Gasteiger partial charge in [0, 0.05) is 34.1 Å². The quantitative estimate of drug-likeness (QED) is 0.405. The topological polar surface area (TPSA) is 125 Å². The van der Waals surface area contributed by atoms with Crippen LogP contribution in [0, 0.1) is 10.1 Å². The van der Waals surface area contributed by atoms with Crippen LogP contribution in [0.15, 0.2) is 42.6 Å². The summed E-state index contributed by atoms with van der Waals surface area (Å²) in [6.07, 6.45) is 2.98. The van der Waals surface area contributed by atoms with Gasteiger partial charge in [-0.15, -0.1) is 0 Å². The predicted molar refractivity (Wildman–Crippen MR) is 101 cm³/mol. The summed E-state index contributed by atoms with van der Waals surface area (Å²) >= 11 is 6.12. The number of pyridine rings is 1. The van der Waals surface area contributed by atoms with E-state index in [1.165, 1.54) is 12.1 Å². The first-order valence-corrected chi connectivity index (χ1v) is 8.33. The highest BCUT2D eigenvalue weighted by molar-refractivity contribution is 6.31. The zero-order valence-corrected chi connectivity index (χ0v) is 14.5. The second-order valence-electron chi connectivity index (χ2n) is 5.80. The number of carbonyl (C=O) groups excluding carboxylic acids is 1. The summed E-state index contributed by atoms with van der Waals surface area (Å²) in [5.41, 5.74) is 8.35. The van der Waals surface area contributed by atoms with Gasteiger partial charge in [0.25, 0.3) is 11.6 Å². The Kier molecular flexibility index (Phi) is 4.13. The van der Waals surface area contributed by atoms with Gasteiger partial charge >= 0.3 is 0 Å². The van der Waals surface area contributed by atoms with Gasteiger partial charge in [-0.2, -0.15) is 0 Å². The Balaban J connectivity index is 1.67. The number of anilines is 1. The van der Waals surface area contributed by atoms with E-state index in [-0.39, 0.29) is 11.6 Å². The number of benzene rings is 1.